The molecule has 0 saturated carbocycles. The van der Waals surface area contributed by atoms with E-state index >= 15 is 0 Å². The van der Waals surface area contributed by atoms with Crippen LogP contribution in [0.5, 0.6) is 0 Å². The molecule has 0 fully saturated rings. The van der Waals surface area contributed by atoms with Gasteiger partial charge in [0.2, 0.25) is 10.0 Å². The average molecular weight is 487 g/mol. The SMILES string of the molecule is CCN(CC)S(=O)(=O)c1ccc(Cl)c(C(=O)NCc2nn(-c3ccccc3)c3c2CCC3)c1. The first-order valence-electron chi connectivity index (χ1n) is 11.1. The van der Waals surface area contributed by atoms with E-state index in [2.05, 4.69) is 5.32 Å². The molecule has 9 heteroatoms. The smallest absolute Gasteiger partial charge is 0.253 e. The minimum absolute atomic E-state index is 0.0509. The first-order valence-corrected chi connectivity index (χ1v) is 12.9. The van der Waals surface area contributed by atoms with Crippen molar-refractivity contribution in [3.05, 3.63) is 76.1 Å². The molecule has 1 aromatic heterocycles. The molecule has 2 aromatic carbocycles. The van der Waals surface area contributed by atoms with Gasteiger partial charge in [-0.25, -0.2) is 13.1 Å². The lowest BCUT2D eigenvalue weighted by molar-refractivity contribution is 0.0950. The molecule has 0 aliphatic heterocycles. The number of nitrogens with zero attached hydrogens (tertiary/aromatic N) is 3. The molecular weight excluding hydrogens is 460 g/mol. The van der Waals surface area contributed by atoms with Crippen LogP contribution < -0.4 is 5.32 Å². The standard InChI is InChI=1S/C24H27ClN4O3S/c1-3-28(4-2)33(31,32)18-13-14-21(25)20(15-18)24(30)26-16-22-19-11-8-12-23(19)29(27-22)17-9-6-5-7-10-17/h5-7,9-10,13-15H,3-4,8,11-12,16H2,1-2H3,(H,26,30). The summed E-state index contributed by atoms with van der Waals surface area (Å²) in [7, 11) is -3.70. The molecule has 1 aliphatic rings. The summed E-state index contributed by atoms with van der Waals surface area (Å²) in [6.07, 6.45) is 2.92. The maximum atomic E-state index is 13.0. The van der Waals surface area contributed by atoms with Crippen molar-refractivity contribution >= 4 is 27.5 Å². The molecule has 1 amide bonds. The Labute approximate surface area is 199 Å². The number of para-hydroxylation sites is 1. The monoisotopic (exact) mass is 486 g/mol. The maximum Gasteiger partial charge on any atom is 0.253 e. The average Bonchev–Trinajstić information content (AvgIpc) is 3.42. The highest BCUT2D eigenvalue weighted by molar-refractivity contribution is 7.89. The third-order valence-electron chi connectivity index (χ3n) is 5.96. The van der Waals surface area contributed by atoms with Crippen LogP contribution in [0.2, 0.25) is 5.02 Å². The lowest BCUT2D eigenvalue weighted by Gasteiger charge is -2.19. The molecule has 174 valence electrons. The fraction of sp³-hybridized carbons (Fsp3) is 0.333. The number of hydrogen-bond donors (Lipinski definition) is 1. The van der Waals surface area contributed by atoms with Gasteiger partial charge in [-0.2, -0.15) is 9.40 Å². The number of hydrogen-bond acceptors (Lipinski definition) is 4. The van der Waals surface area contributed by atoms with Gasteiger partial charge in [0.25, 0.3) is 5.91 Å². The Balaban J connectivity index is 1.57. The third kappa shape index (κ3) is 4.55. The van der Waals surface area contributed by atoms with Crippen molar-refractivity contribution in [2.24, 2.45) is 0 Å². The second-order valence-electron chi connectivity index (χ2n) is 7.89. The second kappa shape index (κ2) is 9.67. The Hall–Kier alpha value is -2.68. The van der Waals surface area contributed by atoms with E-state index in [0.29, 0.717) is 13.1 Å². The van der Waals surface area contributed by atoms with Crippen molar-refractivity contribution < 1.29 is 13.2 Å². The van der Waals surface area contributed by atoms with Crippen LogP contribution in [0.15, 0.2) is 53.4 Å². The number of carbonyl (C=O) groups excluding carboxylic acids is 1. The Morgan fingerprint density at radius 1 is 1.12 bits per heavy atom. The minimum atomic E-state index is -3.70. The van der Waals surface area contributed by atoms with E-state index in [-0.39, 0.29) is 22.0 Å². The summed E-state index contributed by atoms with van der Waals surface area (Å²) in [6, 6.07) is 14.2. The van der Waals surface area contributed by atoms with E-state index < -0.39 is 15.9 Å². The first-order chi connectivity index (χ1) is 15.9. The molecule has 0 bridgehead atoms. The van der Waals surface area contributed by atoms with E-state index in [4.69, 9.17) is 16.7 Å². The van der Waals surface area contributed by atoms with Crippen LogP contribution in [-0.4, -0.2) is 41.5 Å². The van der Waals surface area contributed by atoms with Crippen LogP contribution in [0.4, 0.5) is 0 Å². The summed E-state index contributed by atoms with van der Waals surface area (Å²) in [6.45, 7) is 4.48. The van der Waals surface area contributed by atoms with Crippen molar-refractivity contribution in [2.75, 3.05) is 13.1 Å². The molecule has 0 radical (unpaired) electrons. The van der Waals surface area contributed by atoms with E-state index in [0.717, 1.165) is 30.6 Å². The van der Waals surface area contributed by atoms with Gasteiger partial charge in [0.05, 0.1) is 33.4 Å². The lowest BCUT2D eigenvalue weighted by Crippen LogP contribution is -2.31. The Kier molecular flexibility index (Phi) is 6.88. The highest BCUT2D eigenvalue weighted by atomic mass is 35.5. The number of benzene rings is 2. The van der Waals surface area contributed by atoms with Gasteiger partial charge < -0.3 is 5.32 Å². The van der Waals surface area contributed by atoms with Crippen molar-refractivity contribution in [1.82, 2.24) is 19.4 Å². The van der Waals surface area contributed by atoms with Gasteiger partial charge >= 0.3 is 0 Å². The number of carbonyl (C=O) groups is 1. The zero-order valence-corrected chi connectivity index (χ0v) is 20.3. The summed E-state index contributed by atoms with van der Waals surface area (Å²) in [4.78, 5) is 13.0. The molecule has 1 heterocycles. The molecule has 0 unspecified atom stereocenters. The highest BCUT2D eigenvalue weighted by Crippen LogP contribution is 2.28. The summed E-state index contributed by atoms with van der Waals surface area (Å²) in [5, 5.41) is 7.84. The van der Waals surface area contributed by atoms with Crippen LogP contribution in [0.3, 0.4) is 0 Å². The molecular formula is C24H27ClN4O3S. The number of halogens is 1. The molecule has 1 aliphatic carbocycles. The van der Waals surface area contributed by atoms with Gasteiger partial charge in [-0.1, -0.05) is 43.6 Å². The number of fused-ring (bicyclic) bond motifs is 1. The molecule has 7 nitrogen and oxygen atoms in total. The van der Waals surface area contributed by atoms with E-state index in [1.54, 1.807) is 13.8 Å². The number of aromatic nitrogens is 2. The zero-order valence-electron chi connectivity index (χ0n) is 18.7. The highest BCUT2D eigenvalue weighted by Gasteiger charge is 2.25. The predicted molar refractivity (Wildman–Crippen MR) is 128 cm³/mol. The summed E-state index contributed by atoms with van der Waals surface area (Å²) >= 11 is 6.26. The van der Waals surface area contributed by atoms with Gasteiger partial charge in [-0.15, -0.1) is 0 Å². The summed E-state index contributed by atoms with van der Waals surface area (Å²) < 4.78 is 29.0. The molecule has 1 N–H and O–H groups in total. The molecule has 33 heavy (non-hydrogen) atoms. The van der Waals surface area contributed by atoms with Crippen LogP contribution in [-0.2, 0) is 29.4 Å². The van der Waals surface area contributed by atoms with E-state index in [1.165, 1.54) is 33.8 Å². The summed E-state index contributed by atoms with van der Waals surface area (Å²) in [5.74, 6) is -0.433. The molecule has 0 saturated heterocycles. The van der Waals surface area contributed by atoms with Crippen molar-refractivity contribution in [2.45, 2.75) is 44.6 Å². The van der Waals surface area contributed by atoms with Gasteiger partial charge in [-0.05, 0) is 55.2 Å². The van der Waals surface area contributed by atoms with Crippen molar-refractivity contribution in [1.29, 1.82) is 0 Å². The number of rotatable bonds is 8. The molecule has 0 atom stereocenters. The van der Waals surface area contributed by atoms with Crippen LogP contribution in [0.1, 0.15) is 47.6 Å². The van der Waals surface area contributed by atoms with Gasteiger partial charge in [0.15, 0.2) is 0 Å². The first kappa shape index (κ1) is 23.5. The second-order valence-corrected chi connectivity index (χ2v) is 10.2. The lowest BCUT2D eigenvalue weighted by atomic mass is 10.2. The molecule has 3 aromatic rings. The largest absolute Gasteiger partial charge is 0.346 e. The van der Waals surface area contributed by atoms with Crippen LogP contribution >= 0.6 is 11.6 Å². The predicted octanol–water partition coefficient (Wildman–Crippen LogP) is 3.97. The zero-order chi connectivity index (χ0) is 23.6. The fourth-order valence-corrected chi connectivity index (χ4v) is 5.94. The molecule has 0 spiro atoms. The van der Waals surface area contributed by atoms with Gasteiger partial charge in [0, 0.05) is 18.8 Å². The van der Waals surface area contributed by atoms with Crippen molar-refractivity contribution in [3.63, 3.8) is 0 Å². The quantitative estimate of drug-likeness (QED) is 0.522. The fourth-order valence-electron chi connectivity index (χ4n) is 4.25. The number of sulfonamides is 1. The Morgan fingerprint density at radius 3 is 2.55 bits per heavy atom. The summed E-state index contributed by atoms with van der Waals surface area (Å²) in [5.41, 5.74) is 4.29. The van der Waals surface area contributed by atoms with E-state index in [1.807, 2.05) is 35.0 Å². The third-order valence-corrected chi connectivity index (χ3v) is 8.33. The Bertz CT molecular complexity index is 1270. The van der Waals surface area contributed by atoms with Crippen molar-refractivity contribution in [3.8, 4) is 5.69 Å². The Morgan fingerprint density at radius 2 is 1.85 bits per heavy atom. The number of amides is 1. The number of nitrogens with one attached hydrogen (secondary N) is 1. The van der Waals surface area contributed by atoms with Gasteiger partial charge in [0.1, 0.15) is 0 Å². The van der Waals surface area contributed by atoms with Crippen LogP contribution in [0.25, 0.3) is 5.69 Å². The van der Waals surface area contributed by atoms with Crippen LogP contribution in [0, 0.1) is 0 Å². The van der Waals surface area contributed by atoms with Gasteiger partial charge in [-0.3, -0.25) is 4.79 Å². The topological polar surface area (TPSA) is 84.3 Å². The normalized spacial score (nSPS) is 13.3. The minimum Gasteiger partial charge on any atom is -0.346 e. The van der Waals surface area contributed by atoms with E-state index in [9.17, 15) is 13.2 Å². The molecule has 4 rings (SSSR count). The maximum absolute atomic E-state index is 13.0.